The maximum atomic E-state index is 3.23. The van der Waals surface area contributed by atoms with Gasteiger partial charge in [-0.25, -0.2) is 0 Å². The topological polar surface area (TPSA) is 0 Å². The fourth-order valence-electron chi connectivity index (χ4n) is 1.07. The van der Waals surface area contributed by atoms with E-state index < -0.39 is 0 Å². The van der Waals surface area contributed by atoms with Crippen molar-refractivity contribution in [1.29, 1.82) is 0 Å². The van der Waals surface area contributed by atoms with Crippen LogP contribution in [0.15, 0.2) is 24.3 Å². The second kappa shape index (κ2) is 13.3. The van der Waals surface area contributed by atoms with Crippen LogP contribution in [-0.2, 0) is 32.7 Å². The second-order valence-electron chi connectivity index (χ2n) is 2.31. The normalized spacial score (nSPS) is 6.94. The molecule has 2 rings (SSSR count). The molecular weight excluding hydrogens is 289 g/mol. The molecule has 0 bridgehead atoms. The van der Waals surface area contributed by atoms with Crippen LogP contribution in [0.5, 0.6) is 0 Å². The summed E-state index contributed by atoms with van der Waals surface area (Å²) >= 11 is 1.69. The Kier molecular flexibility index (Phi) is 21.0. The van der Waals surface area contributed by atoms with Gasteiger partial charge in [-0.05, 0) is 0 Å². The number of hydrogen-bond donors (Lipinski definition) is 0. The Labute approximate surface area is 131 Å². The Morgan fingerprint density at radius 3 is 2.06 bits per heavy atom. The van der Waals surface area contributed by atoms with E-state index in [4.69, 9.17) is 0 Å². The Balaban J connectivity index is -0.000000114. The number of thiophene rings is 1. The third kappa shape index (κ3) is 6.13. The molecule has 0 N–H and O–H groups in total. The van der Waals surface area contributed by atoms with E-state index in [0.29, 0.717) is 0 Å². The Bertz CT molecular complexity index is 352. The van der Waals surface area contributed by atoms with Gasteiger partial charge in [-0.15, -0.1) is 33.8 Å². The molecule has 1 aromatic heterocycles. The number of hydrogen-bond acceptors (Lipinski definition) is 1. The van der Waals surface area contributed by atoms with Crippen molar-refractivity contribution in [2.45, 2.75) is 35.6 Å². The van der Waals surface area contributed by atoms with E-state index in [0.717, 1.165) is 0 Å². The quantitative estimate of drug-likeness (QED) is 0.543. The maximum absolute atomic E-state index is 3.23. The third-order valence-corrected chi connectivity index (χ3v) is 2.47. The van der Waals surface area contributed by atoms with Crippen LogP contribution in [0.2, 0.25) is 0 Å². The summed E-state index contributed by atoms with van der Waals surface area (Å²) in [7, 11) is 0. The van der Waals surface area contributed by atoms with Crippen LogP contribution in [0.1, 0.15) is 33.6 Å². The van der Waals surface area contributed by atoms with E-state index >= 15 is 0 Å². The molecule has 1 heterocycles. The van der Waals surface area contributed by atoms with Crippen LogP contribution in [0.3, 0.4) is 0 Å². The summed E-state index contributed by atoms with van der Waals surface area (Å²) < 4.78 is 0. The third-order valence-electron chi connectivity index (χ3n) is 1.62. The number of fused-ring (bicyclic) bond motifs is 1. The maximum Gasteiger partial charge on any atom is 0 e. The van der Waals surface area contributed by atoms with Crippen molar-refractivity contribution < 1.29 is 32.7 Å². The van der Waals surface area contributed by atoms with Crippen molar-refractivity contribution in [3.8, 4) is 0 Å². The van der Waals surface area contributed by atoms with Gasteiger partial charge in [-0.2, -0.15) is 0 Å². The molecule has 0 fully saturated rings. The van der Waals surface area contributed by atoms with Crippen LogP contribution < -0.4 is 0 Å². The van der Waals surface area contributed by atoms with Gasteiger partial charge in [-0.3, -0.25) is 11.3 Å². The molecule has 0 amide bonds. The average Bonchev–Trinajstić information content (AvgIpc) is 2.53. The van der Waals surface area contributed by atoms with Crippen LogP contribution >= 0.6 is 11.3 Å². The van der Waals surface area contributed by atoms with Crippen molar-refractivity contribution in [3.05, 3.63) is 41.9 Å². The van der Waals surface area contributed by atoms with Crippen LogP contribution in [0, 0.1) is 19.7 Å². The van der Waals surface area contributed by atoms with Gasteiger partial charge in [0.1, 0.15) is 0 Å². The van der Waals surface area contributed by atoms with E-state index in [2.05, 4.69) is 30.5 Å². The number of rotatable bonds is 0. The van der Waals surface area contributed by atoms with Gasteiger partial charge in [0.05, 0.1) is 0 Å². The molecule has 1 radical (unpaired) electrons. The molecule has 0 nitrogen and oxygen atoms in total. The summed E-state index contributed by atoms with van der Waals surface area (Å²) in [5, 5.41) is 5.81. The summed E-state index contributed by atoms with van der Waals surface area (Å²) in [5.41, 5.74) is 0. The Morgan fingerprint density at radius 2 is 1.56 bits per heavy atom. The monoisotopic (exact) mass is 313 g/mol. The molecule has 0 atom stereocenters. The molecule has 16 heavy (non-hydrogen) atoms. The van der Waals surface area contributed by atoms with Gasteiger partial charge in [0.15, 0.2) is 0 Å². The van der Waals surface area contributed by atoms with Crippen molar-refractivity contribution >= 4 is 22.1 Å². The SMILES string of the molecule is C.C.CC.Cc1s[c-]c2ccccc12.[CH3-].[Y]. The minimum atomic E-state index is 0. The molecule has 1 aromatic carbocycles. The Hall–Kier alpha value is 0.284. The zero-order chi connectivity index (χ0) is 8.97. The summed E-state index contributed by atoms with van der Waals surface area (Å²) in [6.45, 7) is 6.13. The van der Waals surface area contributed by atoms with Gasteiger partial charge in [0.2, 0.25) is 0 Å². The smallest absolute Gasteiger partial charge is 0 e. The molecule has 0 spiro atoms. The molecule has 0 aliphatic heterocycles. The molecule has 0 unspecified atom stereocenters. The first-order valence-electron chi connectivity index (χ1n) is 4.24. The summed E-state index contributed by atoms with van der Waals surface area (Å²) in [4.78, 5) is 1.36. The zero-order valence-corrected chi connectivity index (χ0v) is 12.9. The second-order valence-corrected chi connectivity index (χ2v) is 3.33. The first-order valence-corrected chi connectivity index (χ1v) is 5.05. The fourth-order valence-corrected chi connectivity index (χ4v) is 1.79. The average molecular weight is 313 g/mol. The van der Waals surface area contributed by atoms with E-state index in [1.54, 1.807) is 11.3 Å². The first-order chi connectivity index (χ1) is 5.88. The summed E-state index contributed by atoms with van der Waals surface area (Å²) in [5.74, 6) is 0. The van der Waals surface area contributed by atoms with Crippen molar-refractivity contribution in [2.24, 2.45) is 0 Å². The van der Waals surface area contributed by atoms with Crippen molar-refractivity contribution in [1.82, 2.24) is 0 Å². The van der Waals surface area contributed by atoms with E-state index in [9.17, 15) is 0 Å². The molecule has 0 aliphatic carbocycles. The number of aryl methyl sites for hydroxylation is 1. The number of benzene rings is 1. The van der Waals surface area contributed by atoms with Crippen molar-refractivity contribution in [3.63, 3.8) is 0 Å². The fraction of sp³-hybridized carbons (Fsp3) is 0.357. The van der Waals surface area contributed by atoms with E-state index in [1.165, 1.54) is 15.6 Å². The van der Waals surface area contributed by atoms with Gasteiger partial charge in [-0.1, -0.05) is 47.1 Å². The Morgan fingerprint density at radius 1 is 1.06 bits per heavy atom. The van der Waals surface area contributed by atoms with E-state index in [-0.39, 0.29) is 55.0 Å². The molecule has 0 aliphatic rings. The first kappa shape index (κ1) is 25.2. The minimum Gasteiger partial charge on any atom is -0.358 e. The van der Waals surface area contributed by atoms with Crippen molar-refractivity contribution in [2.75, 3.05) is 0 Å². The predicted molar refractivity (Wildman–Crippen MR) is 76.6 cm³/mol. The molecule has 91 valence electrons. The molecule has 2 aromatic rings. The van der Waals surface area contributed by atoms with Crippen LogP contribution in [0.25, 0.3) is 10.8 Å². The van der Waals surface area contributed by atoms with Crippen LogP contribution in [-0.4, -0.2) is 0 Å². The zero-order valence-electron chi connectivity index (χ0n) is 9.29. The van der Waals surface area contributed by atoms with Gasteiger partial charge < -0.3 is 7.43 Å². The van der Waals surface area contributed by atoms with Gasteiger partial charge in [0, 0.05) is 32.7 Å². The predicted octanol–water partition coefficient (Wildman–Crippen LogP) is 5.76. The standard InChI is InChI=1S/C9H7S.C2H6.2CH4.CH3.Y/c1-7-9-5-3-2-4-8(9)6-10-7;1-2;;;;/h2-5H,1H3;1-2H3;2*1H4;1H3;/q-1;;;;-1;. The van der Waals surface area contributed by atoms with Crippen LogP contribution in [0.4, 0.5) is 0 Å². The largest absolute Gasteiger partial charge is 0.358 e. The minimum absolute atomic E-state index is 0. The summed E-state index contributed by atoms with van der Waals surface area (Å²) in [6, 6.07) is 8.34. The molecule has 2 heteroatoms. The summed E-state index contributed by atoms with van der Waals surface area (Å²) in [6.07, 6.45) is 0. The van der Waals surface area contributed by atoms with Gasteiger partial charge in [0.25, 0.3) is 0 Å². The van der Waals surface area contributed by atoms with Gasteiger partial charge >= 0.3 is 0 Å². The molecular formula is C14H24SY-2. The molecule has 0 saturated carbocycles. The van der Waals surface area contributed by atoms with E-state index in [1.807, 2.05) is 19.9 Å². The molecule has 0 saturated heterocycles.